The predicted molar refractivity (Wildman–Crippen MR) is 91.1 cm³/mol. The summed E-state index contributed by atoms with van der Waals surface area (Å²) in [6.07, 6.45) is 3.73. The lowest BCUT2D eigenvalue weighted by molar-refractivity contribution is 0.0975. The molecule has 2 heterocycles. The van der Waals surface area contributed by atoms with Gasteiger partial charge >= 0.3 is 0 Å². The Hall–Kier alpha value is -3.01. The Morgan fingerprint density at radius 1 is 1.17 bits per heavy atom. The van der Waals surface area contributed by atoms with Gasteiger partial charge in [0.2, 0.25) is 0 Å². The molecule has 1 N–H and O–H groups in total. The summed E-state index contributed by atoms with van der Waals surface area (Å²) in [4.78, 5) is 15.8. The number of methoxy groups -OCH3 is 1. The van der Waals surface area contributed by atoms with Crippen molar-refractivity contribution in [1.29, 1.82) is 0 Å². The van der Waals surface area contributed by atoms with Gasteiger partial charge in [-0.1, -0.05) is 18.2 Å². The number of rotatable bonds is 4. The molecule has 0 aliphatic heterocycles. The van der Waals surface area contributed by atoms with Crippen molar-refractivity contribution in [3.8, 4) is 5.75 Å². The number of aromatic nitrogens is 2. The monoisotopic (exact) mass is 304 g/mol. The molecule has 23 heavy (non-hydrogen) atoms. The number of ketones is 1. The van der Waals surface area contributed by atoms with Crippen LogP contribution in [0.5, 0.6) is 5.75 Å². The SMILES string of the molecule is COc1ccc2c(ccn2CC(=O)c2c[nH]c3ccccc23)c1. The summed E-state index contributed by atoms with van der Waals surface area (Å²) in [5.74, 6) is 0.911. The first kappa shape index (κ1) is 13.6. The van der Waals surface area contributed by atoms with Crippen molar-refractivity contribution in [1.82, 2.24) is 9.55 Å². The lowest BCUT2D eigenvalue weighted by atomic mass is 10.1. The van der Waals surface area contributed by atoms with E-state index in [1.54, 1.807) is 13.3 Å². The van der Waals surface area contributed by atoms with Crippen molar-refractivity contribution in [2.45, 2.75) is 6.54 Å². The quantitative estimate of drug-likeness (QED) is 0.579. The maximum atomic E-state index is 12.7. The lowest BCUT2D eigenvalue weighted by Crippen LogP contribution is -2.09. The average molecular weight is 304 g/mol. The number of benzene rings is 2. The summed E-state index contributed by atoms with van der Waals surface area (Å²) in [6.45, 7) is 0.317. The number of H-pyrrole nitrogens is 1. The summed E-state index contributed by atoms with van der Waals surface area (Å²) in [7, 11) is 1.65. The number of hydrogen-bond acceptors (Lipinski definition) is 2. The van der Waals surface area contributed by atoms with Crippen LogP contribution in [-0.4, -0.2) is 22.4 Å². The largest absolute Gasteiger partial charge is 0.497 e. The van der Waals surface area contributed by atoms with E-state index in [1.807, 2.05) is 59.3 Å². The van der Waals surface area contributed by atoms with Gasteiger partial charge in [-0.2, -0.15) is 0 Å². The topological polar surface area (TPSA) is 47.0 Å². The first-order valence-electron chi connectivity index (χ1n) is 7.48. The summed E-state index contributed by atoms with van der Waals surface area (Å²) < 4.78 is 7.21. The second kappa shape index (κ2) is 5.32. The fourth-order valence-electron chi connectivity index (χ4n) is 2.99. The molecule has 4 nitrogen and oxygen atoms in total. The molecule has 0 aliphatic carbocycles. The van der Waals surface area contributed by atoms with E-state index in [2.05, 4.69) is 4.98 Å². The Morgan fingerprint density at radius 2 is 2.04 bits per heavy atom. The molecule has 2 aromatic heterocycles. The van der Waals surface area contributed by atoms with E-state index >= 15 is 0 Å². The van der Waals surface area contributed by atoms with Crippen molar-refractivity contribution < 1.29 is 9.53 Å². The van der Waals surface area contributed by atoms with E-state index in [1.165, 1.54) is 0 Å². The normalized spacial score (nSPS) is 11.2. The van der Waals surface area contributed by atoms with E-state index in [0.717, 1.165) is 33.1 Å². The molecule has 0 fully saturated rings. The Bertz CT molecular complexity index is 1010. The van der Waals surface area contributed by atoms with Gasteiger partial charge in [0.25, 0.3) is 0 Å². The number of carbonyl (C=O) groups is 1. The Balaban J connectivity index is 1.69. The third-order valence-corrected chi connectivity index (χ3v) is 4.18. The molecule has 0 radical (unpaired) electrons. The highest BCUT2D eigenvalue weighted by Gasteiger charge is 2.13. The molecule has 114 valence electrons. The fraction of sp³-hybridized carbons (Fsp3) is 0.105. The highest BCUT2D eigenvalue weighted by atomic mass is 16.5. The second-order valence-corrected chi connectivity index (χ2v) is 5.54. The Kier molecular flexibility index (Phi) is 3.15. The molecule has 0 bridgehead atoms. The zero-order valence-corrected chi connectivity index (χ0v) is 12.7. The summed E-state index contributed by atoms with van der Waals surface area (Å²) in [6, 6.07) is 15.7. The molecule has 0 amide bonds. The smallest absolute Gasteiger partial charge is 0.184 e. The predicted octanol–water partition coefficient (Wildman–Crippen LogP) is 4.01. The standard InChI is InChI=1S/C19H16N2O2/c1-23-14-6-7-18-13(10-14)8-9-21(18)12-19(22)16-11-20-17-5-3-2-4-15(16)17/h2-11,20H,12H2,1H3. The van der Waals surface area contributed by atoms with Crippen LogP contribution in [0.2, 0.25) is 0 Å². The number of hydrogen-bond donors (Lipinski definition) is 1. The van der Waals surface area contributed by atoms with Crippen molar-refractivity contribution in [2.75, 3.05) is 7.11 Å². The molecule has 2 aromatic carbocycles. The fourth-order valence-corrected chi connectivity index (χ4v) is 2.99. The first-order chi connectivity index (χ1) is 11.3. The third-order valence-electron chi connectivity index (χ3n) is 4.18. The number of carbonyl (C=O) groups excluding carboxylic acids is 1. The molecule has 0 unspecified atom stereocenters. The van der Waals surface area contributed by atoms with Gasteiger partial charge in [-0.3, -0.25) is 4.79 Å². The van der Waals surface area contributed by atoms with Crippen LogP contribution in [0.3, 0.4) is 0 Å². The van der Waals surface area contributed by atoms with Crippen molar-refractivity contribution in [2.24, 2.45) is 0 Å². The molecular weight excluding hydrogens is 288 g/mol. The van der Waals surface area contributed by atoms with Crippen LogP contribution < -0.4 is 4.74 Å². The van der Waals surface area contributed by atoms with Gasteiger partial charge < -0.3 is 14.3 Å². The van der Waals surface area contributed by atoms with Gasteiger partial charge in [-0.05, 0) is 30.3 Å². The summed E-state index contributed by atoms with van der Waals surface area (Å²) in [5.41, 5.74) is 2.74. The zero-order chi connectivity index (χ0) is 15.8. The minimum absolute atomic E-state index is 0.0933. The highest BCUT2D eigenvalue weighted by molar-refractivity contribution is 6.08. The van der Waals surface area contributed by atoms with Crippen LogP contribution in [0, 0.1) is 0 Å². The van der Waals surface area contributed by atoms with Gasteiger partial charge in [0, 0.05) is 39.8 Å². The van der Waals surface area contributed by atoms with Gasteiger partial charge in [0.1, 0.15) is 5.75 Å². The maximum absolute atomic E-state index is 12.7. The molecule has 4 heteroatoms. The Labute approximate surface area is 133 Å². The van der Waals surface area contributed by atoms with Crippen LogP contribution in [0.4, 0.5) is 0 Å². The molecule has 0 atom stereocenters. The number of para-hydroxylation sites is 1. The molecule has 4 aromatic rings. The maximum Gasteiger partial charge on any atom is 0.184 e. The molecular formula is C19H16N2O2. The Morgan fingerprint density at radius 3 is 2.91 bits per heavy atom. The number of nitrogens with one attached hydrogen (secondary N) is 1. The zero-order valence-electron chi connectivity index (χ0n) is 12.7. The first-order valence-corrected chi connectivity index (χ1v) is 7.48. The second-order valence-electron chi connectivity index (χ2n) is 5.54. The molecule has 0 spiro atoms. The van der Waals surface area contributed by atoms with Gasteiger partial charge in [-0.15, -0.1) is 0 Å². The molecule has 4 rings (SSSR count). The molecule has 0 saturated carbocycles. The third kappa shape index (κ3) is 2.28. The van der Waals surface area contributed by atoms with E-state index in [9.17, 15) is 4.79 Å². The number of aromatic amines is 1. The highest BCUT2D eigenvalue weighted by Crippen LogP contribution is 2.23. The van der Waals surface area contributed by atoms with Crippen molar-refractivity contribution in [3.05, 3.63) is 66.5 Å². The summed E-state index contributed by atoms with van der Waals surface area (Å²) >= 11 is 0. The number of Topliss-reactive ketones (excluding diaryl/α,β-unsaturated/α-hetero) is 1. The van der Waals surface area contributed by atoms with Crippen LogP contribution in [0.25, 0.3) is 21.8 Å². The van der Waals surface area contributed by atoms with Gasteiger partial charge in [0.05, 0.1) is 13.7 Å². The van der Waals surface area contributed by atoms with Crippen LogP contribution in [0.15, 0.2) is 60.9 Å². The van der Waals surface area contributed by atoms with E-state index in [4.69, 9.17) is 4.74 Å². The van der Waals surface area contributed by atoms with Crippen LogP contribution in [0.1, 0.15) is 10.4 Å². The minimum Gasteiger partial charge on any atom is -0.497 e. The van der Waals surface area contributed by atoms with E-state index in [0.29, 0.717) is 6.54 Å². The van der Waals surface area contributed by atoms with E-state index < -0.39 is 0 Å². The minimum atomic E-state index is 0.0933. The number of fused-ring (bicyclic) bond motifs is 2. The van der Waals surface area contributed by atoms with E-state index in [-0.39, 0.29) is 5.78 Å². The average Bonchev–Trinajstić information content (AvgIpc) is 3.18. The van der Waals surface area contributed by atoms with Crippen LogP contribution in [-0.2, 0) is 6.54 Å². The van der Waals surface area contributed by atoms with Crippen molar-refractivity contribution in [3.63, 3.8) is 0 Å². The number of nitrogens with zero attached hydrogens (tertiary/aromatic N) is 1. The molecule has 0 saturated heterocycles. The van der Waals surface area contributed by atoms with Crippen molar-refractivity contribution >= 4 is 27.6 Å². The van der Waals surface area contributed by atoms with Gasteiger partial charge in [0.15, 0.2) is 5.78 Å². The summed E-state index contributed by atoms with van der Waals surface area (Å²) in [5, 5.41) is 2.03. The van der Waals surface area contributed by atoms with Gasteiger partial charge in [-0.25, -0.2) is 0 Å². The van der Waals surface area contributed by atoms with Crippen LogP contribution >= 0.6 is 0 Å². The molecule has 0 aliphatic rings. The number of ether oxygens (including phenoxy) is 1. The lowest BCUT2D eigenvalue weighted by Gasteiger charge is -2.05.